The highest BCUT2D eigenvalue weighted by Crippen LogP contribution is 2.22. The first-order valence-corrected chi connectivity index (χ1v) is 15.4. The summed E-state index contributed by atoms with van der Waals surface area (Å²) in [7, 11) is 0. The van der Waals surface area contributed by atoms with Crippen LogP contribution in [0.4, 0.5) is 0 Å². The third-order valence-electron chi connectivity index (χ3n) is 7.98. The second kappa shape index (κ2) is 16.3. The van der Waals surface area contributed by atoms with Gasteiger partial charge in [0.1, 0.15) is 24.2 Å². The van der Waals surface area contributed by atoms with Crippen LogP contribution in [-0.4, -0.2) is 64.9 Å². The Kier molecular flexibility index (Phi) is 12.0. The van der Waals surface area contributed by atoms with Crippen molar-refractivity contribution in [3.8, 4) is 0 Å². The largest absolute Gasteiger partial charge is 0.461 e. The highest BCUT2D eigenvalue weighted by Gasteiger charge is 2.32. The molecule has 1 aliphatic carbocycles. The molecule has 1 aromatic heterocycles. The number of fused-ring (bicyclic) bond motifs is 1. The molecule has 5 N–H and O–H groups in total. The number of H-pyrrole nitrogens is 1. The first-order chi connectivity index (χ1) is 21.7. The Morgan fingerprint density at radius 3 is 2.24 bits per heavy atom. The summed E-state index contributed by atoms with van der Waals surface area (Å²) in [6.07, 6.45) is 6.81. The Bertz CT molecular complexity index is 1500. The van der Waals surface area contributed by atoms with Gasteiger partial charge in [-0.2, -0.15) is 0 Å². The minimum absolute atomic E-state index is 0.110. The number of aromatic nitrogens is 1. The number of Topliss-reactive ketones (excluding diaryl/α,β-unsaturated/α-hetero) is 1. The maximum atomic E-state index is 13.7. The zero-order valence-electron chi connectivity index (χ0n) is 25.5. The average Bonchev–Trinajstić information content (AvgIpc) is 3.45. The third-order valence-corrected chi connectivity index (χ3v) is 7.98. The van der Waals surface area contributed by atoms with E-state index in [4.69, 9.17) is 10.1 Å². The summed E-state index contributed by atoms with van der Waals surface area (Å²) in [5.41, 5.74) is 2.49. The second-order valence-electron chi connectivity index (χ2n) is 11.5. The quantitative estimate of drug-likeness (QED) is 0.130. The van der Waals surface area contributed by atoms with Crippen LogP contribution in [0.15, 0.2) is 60.8 Å². The second-order valence-corrected chi connectivity index (χ2v) is 11.5. The maximum absolute atomic E-state index is 13.7. The van der Waals surface area contributed by atoms with Crippen molar-refractivity contribution in [2.45, 2.75) is 88.9 Å². The predicted octanol–water partition coefficient (Wildman–Crippen LogP) is 3.30. The highest BCUT2D eigenvalue weighted by atomic mass is 16.5. The minimum Gasteiger partial charge on any atom is -0.461 e. The molecule has 0 bridgehead atoms. The van der Waals surface area contributed by atoms with Gasteiger partial charge < -0.3 is 31.1 Å². The fraction of sp³-hybridized carbons (Fsp3) is 0.412. The standard InChI is InChI=1S/C34H41N5O6/c1-22(40)37-30(19-24-21-36-28-15-9-8-14-27(24)28)33(43)38-29(17-16-25(41)20-35)32(42)39-31(18-23-10-4-2-5-11-23)34(44)45-26-12-6-3-7-13-26/h2,4-5,8-11,14-15,20-21,26,29-31,35-36H,3,6-7,12-13,16-19H2,1H3,(H,37,40)(H,38,43)(H,39,42)/t29-,30-,31-/m0/s1. The van der Waals surface area contributed by atoms with E-state index in [-0.39, 0.29) is 31.8 Å². The van der Waals surface area contributed by atoms with Gasteiger partial charge in [0.15, 0.2) is 5.78 Å². The van der Waals surface area contributed by atoms with E-state index in [2.05, 4.69) is 20.9 Å². The molecule has 0 unspecified atom stereocenters. The Labute approximate surface area is 262 Å². The maximum Gasteiger partial charge on any atom is 0.329 e. The number of ether oxygens (including phenoxy) is 1. The smallest absolute Gasteiger partial charge is 0.329 e. The zero-order chi connectivity index (χ0) is 32.2. The first kappa shape index (κ1) is 33.1. The van der Waals surface area contributed by atoms with Gasteiger partial charge >= 0.3 is 5.97 Å². The van der Waals surface area contributed by atoms with E-state index in [9.17, 15) is 24.0 Å². The summed E-state index contributed by atoms with van der Waals surface area (Å²) < 4.78 is 5.80. The van der Waals surface area contributed by atoms with Gasteiger partial charge in [0.25, 0.3) is 0 Å². The lowest BCUT2D eigenvalue weighted by molar-refractivity contribution is -0.154. The summed E-state index contributed by atoms with van der Waals surface area (Å²) in [5, 5.41) is 16.3. The molecule has 3 atom stereocenters. The van der Waals surface area contributed by atoms with E-state index in [1.54, 1.807) is 6.20 Å². The number of amides is 3. The lowest BCUT2D eigenvalue weighted by Gasteiger charge is -2.27. The van der Waals surface area contributed by atoms with Crippen molar-refractivity contribution >= 4 is 46.6 Å². The van der Waals surface area contributed by atoms with Gasteiger partial charge in [-0.1, -0.05) is 55.0 Å². The Balaban J connectivity index is 1.53. The van der Waals surface area contributed by atoms with Crippen LogP contribution in [0.25, 0.3) is 10.9 Å². The SMILES string of the molecule is CC(=O)N[C@@H](Cc1c[nH]c2ccccc12)C(=O)N[C@@H](CCC(=O)C=N)C(=O)N[C@@H](Cc1ccccc1)C(=O)OC1CCCCC1. The van der Waals surface area contributed by atoms with Crippen molar-refractivity contribution in [3.63, 3.8) is 0 Å². The Morgan fingerprint density at radius 1 is 0.867 bits per heavy atom. The third kappa shape index (κ3) is 9.85. The minimum atomic E-state index is -1.22. The van der Waals surface area contributed by atoms with Crippen LogP contribution < -0.4 is 16.0 Å². The fourth-order valence-electron chi connectivity index (χ4n) is 5.62. The molecule has 45 heavy (non-hydrogen) atoms. The van der Waals surface area contributed by atoms with E-state index < -0.39 is 47.6 Å². The van der Waals surface area contributed by atoms with E-state index in [0.29, 0.717) is 6.21 Å². The lowest BCUT2D eigenvalue weighted by atomic mass is 9.97. The van der Waals surface area contributed by atoms with Gasteiger partial charge in [-0.3, -0.25) is 19.2 Å². The van der Waals surface area contributed by atoms with Crippen molar-refractivity contribution < 1.29 is 28.7 Å². The van der Waals surface area contributed by atoms with Gasteiger partial charge in [0.05, 0.1) is 6.21 Å². The van der Waals surface area contributed by atoms with Crippen molar-refractivity contribution in [2.24, 2.45) is 0 Å². The van der Waals surface area contributed by atoms with Gasteiger partial charge in [0.2, 0.25) is 17.7 Å². The molecule has 1 heterocycles. The average molecular weight is 616 g/mol. The van der Waals surface area contributed by atoms with Crippen LogP contribution in [0, 0.1) is 5.41 Å². The molecule has 238 valence electrons. The molecule has 0 spiro atoms. The number of para-hydroxylation sites is 1. The van der Waals surface area contributed by atoms with E-state index in [1.807, 2.05) is 54.6 Å². The van der Waals surface area contributed by atoms with Gasteiger partial charge in [-0.15, -0.1) is 0 Å². The first-order valence-electron chi connectivity index (χ1n) is 15.4. The number of nitrogens with one attached hydrogen (secondary N) is 5. The molecule has 11 heteroatoms. The summed E-state index contributed by atoms with van der Waals surface area (Å²) in [6, 6.07) is 13.5. The van der Waals surface area contributed by atoms with E-state index in [1.165, 1.54) is 6.92 Å². The normalized spacial score (nSPS) is 15.3. The monoisotopic (exact) mass is 615 g/mol. The van der Waals surface area contributed by atoms with E-state index in [0.717, 1.165) is 54.1 Å². The molecule has 3 aromatic rings. The Morgan fingerprint density at radius 2 is 1.53 bits per heavy atom. The molecule has 3 amide bonds. The fourth-order valence-corrected chi connectivity index (χ4v) is 5.62. The van der Waals surface area contributed by atoms with Crippen LogP contribution in [0.2, 0.25) is 0 Å². The molecular weight excluding hydrogens is 574 g/mol. The van der Waals surface area contributed by atoms with Crippen LogP contribution in [0.1, 0.15) is 63.0 Å². The van der Waals surface area contributed by atoms with Crippen LogP contribution in [-0.2, 0) is 41.6 Å². The number of esters is 1. The molecule has 2 aromatic carbocycles. The summed E-state index contributed by atoms with van der Waals surface area (Å²) >= 11 is 0. The lowest BCUT2D eigenvalue weighted by Crippen LogP contribution is -2.56. The molecule has 0 radical (unpaired) electrons. The topological polar surface area (TPSA) is 170 Å². The number of ketones is 1. The van der Waals surface area contributed by atoms with Crippen LogP contribution >= 0.6 is 0 Å². The van der Waals surface area contributed by atoms with Gasteiger partial charge in [-0.25, -0.2) is 4.79 Å². The molecule has 0 saturated heterocycles. The molecule has 4 rings (SSSR count). The molecule has 0 aliphatic heterocycles. The zero-order valence-corrected chi connectivity index (χ0v) is 25.5. The number of aromatic amines is 1. The molecular formula is C34H41N5O6. The van der Waals surface area contributed by atoms with Crippen LogP contribution in [0.5, 0.6) is 0 Å². The number of carbonyl (C=O) groups is 5. The molecule has 1 aliphatic rings. The van der Waals surface area contributed by atoms with Gasteiger partial charge in [-0.05, 0) is 49.3 Å². The number of hydrogen-bond donors (Lipinski definition) is 5. The summed E-state index contributed by atoms with van der Waals surface area (Å²) in [4.78, 5) is 67.9. The van der Waals surface area contributed by atoms with Crippen molar-refractivity contribution in [1.29, 1.82) is 5.41 Å². The van der Waals surface area contributed by atoms with Crippen molar-refractivity contribution in [3.05, 3.63) is 71.9 Å². The van der Waals surface area contributed by atoms with Crippen molar-refractivity contribution in [1.82, 2.24) is 20.9 Å². The summed E-state index contributed by atoms with van der Waals surface area (Å²) in [6.45, 7) is 1.30. The highest BCUT2D eigenvalue weighted by molar-refractivity contribution is 6.26. The van der Waals surface area contributed by atoms with E-state index >= 15 is 0 Å². The molecule has 1 saturated carbocycles. The number of hydrogen-bond acceptors (Lipinski definition) is 7. The van der Waals surface area contributed by atoms with Gasteiger partial charge in [0, 0.05) is 43.3 Å². The van der Waals surface area contributed by atoms with Crippen molar-refractivity contribution in [2.75, 3.05) is 0 Å². The number of rotatable bonds is 15. The molecule has 1 fully saturated rings. The number of carbonyl (C=O) groups excluding carboxylic acids is 5. The van der Waals surface area contributed by atoms with Crippen LogP contribution in [0.3, 0.4) is 0 Å². The molecule has 11 nitrogen and oxygen atoms in total. The predicted molar refractivity (Wildman–Crippen MR) is 170 cm³/mol. The number of benzene rings is 2. The summed E-state index contributed by atoms with van der Waals surface area (Å²) in [5.74, 6) is -2.80. The Hall–Kier alpha value is -4.80.